The number of oxime groups is 1. The Morgan fingerprint density at radius 3 is 2.55 bits per heavy atom. The molecule has 0 bridgehead atoms. The van der Waals surface area contributed by atoms with Gasteiger partial charge in [0.25, 0.3) is 0 Å². The van der Waals surface area contributed by atoms with Crippen molar-refractivity contribution in [3.63, 3.8) is 0 Å². The number of nitrogens with one attached hydrogen (secondary N) is 1. The van der Waals surface area contributed by atoms with Gasteiger partial charge in [0.1, 0.15) is 0 Å². The molecule has 6 nitrogen and oxygen atoms in total. The molecule has 0 fully saturated rings. The van der Waals surface area contributed by atoms with E-state index >= 15 is 0 Å². The number of hydrogen-bond acceptors (Lipinski definition) is 4. The normalized spacial score (nSPS) is 14.6. The first-order chi connectivity index (χ1) is 9.42. The van der Waals surface area contributed by atoms with E-state index in [4.69, 9.17) is 10.9 Å². The summed E-state index contributed by atoms with van der Waals surface area (Å²) >= 11 is 0. The minimum absolute atomic E-state index is 0.0278. The van der Waals surface area contributed by atoms with E-state index in [9.17, 15) is 9.00 Å². The molecule has 0 heterocycles. The zero-order valence-electron chi connectivity index (χ0n) is 11.5. The van der Waals surface area contributed by atoms with Crippen LogP contribution >= 0.6 is 0 Å². The summed E-state index contributed by atoms with van der Waals surface area (Å²) in [5.74, 6) is 0.341. The Hall–Kier alpha value is -1.89. The lowest BCUT2D eigenvalue weighted by Gasteiger charge is -2.12. The number of carbonyl (C=O) groups is 1. The summed E-state index contributed by atoms with van der Waals surface area (Å²) in [4.78, 5) is 11.8. The molecule has 0 aliphatic rings. The molecule has 0 saturated carbocycles. The molecule has 0 aliphatic carbocycles. The van der Waals surface area contributed by atoms with Gasteiger partial charge in [-0.1, -0.05) is 29.4 Å². The summed E-state index contributed by atoms with van der Waals surface area (Å²) in [5, 5.41) is 14.2. The third kappa shape index (κ3) is 5.40. The van der Waals surface area contributed by atoms with Gasteiger partial charge in [0.05, 0.1) is 6.42 Å². The number of hydrogen-bond donors (Lipinski definition) is 3. The molecular weight excluding hydrogens is 278 g/mol. The van der Waals surface area contributed by atoms with Crippen LogP contribution in [0.2, 0.25) is 0 Å². The first-order valence-electron chi connectivity index (χ1n) is 6.08. The van der Waals surface area contributed by atoms with E-state index in [2.05, 4.69) is 10.5 Å². The highest BCUT2D eigenvalue weighted by atomic mass is 32.2. The molecule has 20 heavy (non-hydrogen) atoms. The SMILES string of the molecule is CC(CS(C)=O)NC(=O)Cc1ccc(/C(N)=N/O)cc1. The van der Waals surface area contributed by atoms with Crippen molar-refractivity contribution in [3.05, 3.63) is 35.4 Å². The maximum Gasteiger partial charge on any atom is 0.224 e. The Balaban J connectivity index is 2.56. The standard InChI is InChI=1S/C13H19N3O3S/c1-9(8-20(2)19)15-12(17)7-10-3-5-11(6-4-10)13(14)16-18/h3-6,9,18H,7-8H2,1-2H3,(H2,14,16)(H,15,17). The molecule has 110 valence electrons. The van der Waals surface area contributed by atoms with Crippen LogP contribution in [0.25, 0.3) is 0 Å². The second kappa shape index (κ2) is 7.64. The first-order valence-corrected chi connectivity index (χ1v) is 7.81. The fourth-order valence-electron chi connectivity index (χ4n) is 1.76. The molecule has 0 saturated heterocycles. The van der Waals surface area contributed by atoms with Crippen LogP contribution in [0.3, 0.4) is 0 Å². The molecule has 1 amide bonds. The summed E-state index contributed by atoms with van der Waals surface area (Å²) in [6.45, 7) is 1.82. The van der Waals surface area contributed by atoms with E-state index < -0.39 is 10.8 Å². The fraction of sp³-hybridized carbons (Fsp3) is 0.385. The van der Waals surface area contributed by atoms with E-state index in [1.807, 2.05) is 6.92 Å². The molecule has 1 rings (SSSR count). The van der Waals surface area contributed by atoms with Crippen molar-refractivity contribution in [2.75, 3.05) is 12.0 Å². The van der Waals surface area contributed by atoms with E-state index in [0.717, 1.165) is 5.56 Å². The van der Waals surface area contributed by atoms with Crippen LogP contribution in [0, 0.1) is 0 Å². The average molecular weight is 297 g/mol. The van der Waals surface area contributed by atoms with Gasteiger partial charge >= 0.3 is 0 Å². The van der Waals surface area contributed by atoms with Crippen LogP contribution in [0.1, 0.15) is 18.1 Å². The molecule has 1 aromatic rings. The Labute approximate surface area is 120 Å². The number of nitrogens with zero attached hydrogens (tertiary/aromatic N) is 1. The fourth-order valence-corrected chi connectivity index (χ4v) is 2.54. The minimum Gasteiger partial charge on any atom is -0.409 e. The number of amides is 1. The zero-order valence-corrected chi connectivity index (χ0v) is 12.3. The number of benzene rings is 1. The van der Waals surface area contributed by atoms with Gasteiger partial charge in [-0.3, -0.25) is 9.00 Å². The second-order valence-corrected chi connectivity index (χ2v) is 6.05. The van der Waals surface area contributed by atoms with Gasteiger partial charge in [0.2, 0.25) is 5.91 Å². The third-order valence-corrected chi connectivity index (χ3v) is 3.58. The smallest absolute Gasteiger partial charge is 0.224 e. The Morgan fingerprint density at radius 1 is 1.45 bits per heavy atom. The lowest BCUT2D eigenvalue weighted by Crippen LogP contribution is -2.37. The van der Waals surface area contributed by atoms with Crippen molar-refractivity contribution in [1.82, 2.24) is 5.32 Å². The van der Waals surface area contributed by atoms with Crippen molar-refractivity contribution in [2.45, 2.75) is 19.4 Å². The van der Waals surface area contributed by atoms with Gasteiger partial charge in [0.15, 0.2) is 5.84 Å². The first kappa shape index (κ1) is 16.2. The minimum atomic E-state index is -0.934. The highest BCUT2D eigenvalue weighted by Gasteiger charge is 2.09. The van der Waals surface area contributed by atoms with E-state index in [0.29, 0.717) is 11.3 Å². The quantitative estimate of drug-likeness (QED) is 0.302. The van der Waals surface area contributed by atoms with Crippen LogP contribution in [0.15, 0.2) is 29.4 Å². The monoisotopic (exact) mass is 297 g/mol. The molecule has 0 aromatic heterocycles. The largest absolute Gasteiger partial charge is 0.409 e. The molecule has 0 radical (unpaired) electrons. The van der Waals surface area contributed by atoms with E-state index in [-0.39, 0.29) is 24.2 Å². The van der Waals surface area contributed by atoms with E-state index in [1.165, 1.54) is 0 Å². The van der Waals surface area contributed by atoms with Crippen LogP contribution in [0.5, 0.6) is 0 Å². The maximum atomic E-state index is 11.8. The summed E-state index contributed by atoms with van der Waals surface area (Å²) in [6, 6.07) is 6.74. The topological polar surface area (TPSA) is 105 Å². The van der Waals surface area contributed by atoms with Gasteiger partial charge in [0, 0.05) is 34.4 Å². The summed E-state index contributed by atoms with van der Waals surface area (Å²) in [5.41, 5.74) is 6.86. The van der Waals surface area contributed by atoms with Crippen molar-refractivity contribution < 1.29 is 14.2 Å². The number of rotatable bonds is 6. The molecule has 4 N–H and O–H groups in total. The molecule has 0 spiro atoms. The zero-order chi connectivity index (χ0) is 15.1. The number of nitrogens with two attached hydrogens (primary N) is 1. The van der Waals surface area contributed by atoms with Crippen molar-refractivity contribution in [1.29, 1.82) is 0 Å². The van der Waals surface area contributed by atoms with Crippen LogP contribution in [-0.2, 0) is 22.0 Å². The Morgan fingerprint density at radius 2 is 2.05 bits per heavy atom. The molecule has 0 aliphatic heterocycles. The van der Waals surface area contributed by atoms with Crippen molar-refractivity contribution >= 4 is 22.5 Å². The molecule has 2 unspecified atom stereocenters. The molecular formula is C13H19N3O3S. The number of amidine groups is 1. The van der Waals surface area contributed by atoms with Gasteiger partial charge < -0.3 is 16.3 Å². The third-order valence-electron chi connectivity index (χ3n) is 2.61. The van der Waals surface area contributed by atoms with Gasteiger partial charge in [-0.05, 0) is 12.5 Å². The van der Waals surface area contributed by atoms with Crippen LogP contribution in [-0.4, -0.2) is 39.2 Å². The van der Waals surface area contributed by atoms with Crippen molar-refractivity contribution in [2.24, 2.45) is 10.9 Å². The summed E-state index contributed by atoms with van der Waals surface area (Å²) < 4.78 is 11.0. The predicted octanol–water partition coefficient (Wildman–Crippen LogP) is 0.207. The maximum absolute atomic E-state index is 11.8. The summed E-state index contributed by atoms with van der Waals surface area (Å²) in [6.07, 6.45) is 1.84. The highest BCUT2D eigenvalue weighted by Crippen LogP contribution is 2.05. The lowest BCUT2D eigenvalue weighted by molar-refractivity contribution is -0.120. The molecule has 1 aromatic carbocycles. The highest BCUT2D eigenvalue weighted by molar-refractivity contribution is 7.84. The lowest BCUT2D eigenvalue weighted by atomic mass is 10.1. The molecule has 7 heteroatoms. The second-order valence-electron chi connectivity index (χ2n) is 4.57. The molecule has 2 atom stereocenters. The average Bonchev–Trinajstić information content (AvgIpc) is 2.37. The van der Waals surface area contributed by atoms with Crippen LogP contribution < -0.4 is 11.1 Å². The number of carbonyl (C=O) groups excluding carboxylic acids is 1. The Kier molecular flexibility index (Phi) is 6.17. The summed E-state index contributed by atoms with van der Waals surface area (Å²) in [7, 11) is -0.934. The van der Waals surface area contributed by atoms with Gasteiger partial charge in [-0.15, -0.1) is 0 Å². The van der Waals surface area contributed by atoms with Gasteiger partial charge in [-0.2, -0.15) is 0 Å². The predicted molar refractivity (Wildman–Crippen MR) is 79.2 cm³/mol. The Bertz CT molecular complexity index is 514. The van der Waals surface area contributed by atoms with E-state index in [1.54, 1.807) is 30.5 Å². The van der Waals surface area contributed by atoms with Crippen LogP contribution in [0.4, 0.5) is 0 Å². The van der Waals surface area contributed by atoms with Crippen molar-refractivity contribution in [3.8, 4) is 0 Å². The van der Waals surface area contributed by atoms with Gasteiger partial charge in [-0.25, -0.2) is 0 Å².